The maximum Gasteiger partial charge on any atom is 0.294 e. The van der Waals surface area contributed by atoms with E-state index in [2.05, 4.69) is 0 Å². The van der Waals surface area contributed by atoms with Crippen molar-refractivity contribution in [3.8, 4) is 0 Å². The SMILES string of the molecule is O=S(=O)(O)c1cccc(P(c2cccc(S(=O)(=O)O)c2)[C@H]2CO[C@H]3[C@@H]2OC[C@@H]3P(c2cccc(S(=O)(=O)O)c2)c2cccc(S(=O)(=O)O)c2)c1. The quantitative estimate of drug-likeness (QED) is 0.132. The first-order chi connectivity index (χ1) is 23.3. The first kappa shape index (κ1) is 37.1. The van der Waals surface area contributed by atoms with Crippen molar-refractivity contribution in [1.82, 2.24) is 0 Å². The van der Waals surface area contributed by atoms with Gasteiger partial charge in [-0.15, -0.1) is 0 Å². The lowest BCUT2D eigenvalue weighted by Gasteiger charge is -2.29. The number of hydrogen-bond acceptors (Lipinski definition) is 10. The van der Waals surface area contributed by atoms with Crippen LogP contribution >= 0.6 is 15.8 Å². The number of fused-ring (bicyclic) bond motifs is 1. The molecule has 6 rings (SSSR count). The molecule has 0 saturated carbocycles. The average Bonchev–Trinajstić information content (AvgIpc) is 3.64. The van der Waals surface area contributed by atoms with Crippen molar-refractivity contribution < 1.29 is 61.4 Å². The summed E-state index contributed by atoms with van der Waals surface area (Å²) in [5.41, 5.74) is -1.09. The van der Waals surface area contributed by atoms with Gasteiger partial charge in [0.25, 0.3) is 40.5 Å². The van der Waals surface area contributed by atoms with E-state index < -0.39 is 99.4 Å². The summed E-state index contributed by atoms with van der Waals surface area (Å²) in [4.78, 5) is -1.57. The van der Waals surface area contributed by atoms with Crippen LogP contribution in [0.2, 0.25) is 0 Å². The molecule has 0 amide bonds. The standard InChI is InChI=1S/C30H28O14P2S4/c31-47(32,33)23-9-1-5-19(13-23)45(20-6-2-10-24(14-20)48(34,35)36)27-17-43-30-28(18-44-29(27)30)46(21-7-3-11-25(15-21)49(37,38)39)22-8-4-12-26(16-22)50(40,41)42/h1-16,27-30H,17-18H2,(H,31,32,33)(H,34,35,36)(H,37,38,39)(H,40,41,42)/t27-,28-,29+,30+/m0/s1. The Morgan fingerprint density at radius 1 is 0.440 bits per heavy atom. The van der Waals surface area contributed by atoms with Crippen LogP contribution in [-0.2, 0) is 49.9 Å². The Kier molecular flexibility index (Phi) is 10.2. The van der Waals surface area contributed by atoms with Crippen molar-refractivity contribution in [2.45, 2.75) is 43.1 Å². The number of ether oxygens (including phenoxy) is 2. The molecule has 2 aliphatic heterocycles. The highest BCUT2D eigenvalue weighted by molar-refractivity contribution is 7.86. The first-order valence-electron chi connectivity index (χ1n) is 14.4. The summed E-state index contributed by atoms with van der Waals surface area (Å²) in [6, 6.07) is 22.1. The van der Waals surface area contributed by atoms with Gasteiger partial charge < -0.3 is 9.47 Å². The van der Waals surface area contributed by atoms with Crippen molar-refractivity contribution in [3.05, 3.63) is 97.1 Å². The molecular weight excluding hydrogens is 775 g/mol. The molecule has 4 aromatic rings. The molecule has 266 valence electrons. The van der Waals surface area contributed by atoms with Gasteiger partial charge in [-0.1, -0.05) is 48.5 Å². The van der Waals surface area contributed by atoms with Gasteiger partial charge in [-0.05, 0) is 85.6 Å². The molecule has 50 heavy (non-hydrogen) atoms. The van der Waals surface area contributed by atoms with E-state index in [0.717, 1.165) is 0 Å². The fourth-order valence-electron chi connectivity index (χ4n) is 6.14. The Morgan fingerprint density at radius 2 is 0.680 bits per heavy atom. The van der Waals surface area contributed by atoms with Crippen LogP contribution in [0.15, 0.2) is 117 Å². The molecule has 0 aliphatic carbocycles. The van der Waals surface area contributed by atoms with Crippen LogP contribution in [-0.4, -0.2) is 88.6 Å². The van der Waals surface area contributed by atoms with E-state index in [0.29, 0.717) is 21.2 Å². The van der Waals surface area contributed by atoms with Crippen molar-refractivity contribution >= 4 is 77.5 Å². The van der Waals surface area contributed by atoms with Crippen LogP contribution in [0.4, 0.5) is 0 Å². The van der Waals surface area contributed by atoms with E-state index in [9.17, 15) is 51.9 Å². The largest absolute Gasteiger partial charge is 0.374 e. The molecule has 2 fully saturated rings. The van der Waals surface area contributed by atoms with Gasteiger partial charge in [0.1, 0.15) is 0 Å². The van der Waals surface area contributed by atoms with Gasteiger partial charge in [0, 0.05) is 11.3 Å². The zero-order valence-corrected chi connectivity index (χ0v) is 30.4. The highest BCUT2D eigenvalue weighted by Crippen LogP contribution is 2.54. The van der Waals surface area contributed by atoms with Crippen LogP contribution in [0.25, 0.3) is 0 Å². The third-order valence-corrected chi connectivity index (χ3v) is 17.2. The highest BCUT2D eigenvalue weighted by Gasteiger charge is 2.53. The summed E-state index contributed by atoms with van der Waals surface area (Å²) < 4.78 is 149. The highest BCUT2D eigenvalue weighted by atomic mass is 32.2. The van der Waals surface area contributed by atoms with E-state index in [1.165, 1.54) is 72.8 Å². The topological polar surface area (TPSA) is 236 Å². The monoisotopic (exact) mass is 802 g/mol. The molecule has 14 nitrogen and oxygen atoms in total. The predicted octanol–water partition coefficient (Wildman–Crippen LogP) is 1.77. The summed E-state index contributed by atoms with van der Waals surface area (Å²) in [6.45, 7) is 0.0616. The van der Waals surface area contributed by atoms with E-state index in [1.54, 1.807) is 24.3 Å². The normalized spacial score (nSPS) is 21.5. The maximum atomic E-state index is 12.1. The Labute approximate surface area is 291 Å². The van der Waals surface area contributed by atoms with Crippen molar-refractivity contribution in [3.63, 3.8) is 0 Å². The molecule has 4 aromatic carbocycles. The van der Waals surface area contributed by atoms with E-state index in [4.69, 9.17) is 9.47 Å². The lowest BCUT2D eigenvalue weighted by Crippen LogP contribution is -2.36. The molecule has 0 aromatic heterocycles. The van der Waals surface area contributed by atoms with Crippen LogP contribution in [0.5, 0.6) is 0 Å². The molecule has 0 unspecified atom stereocenters. The van der Waals surface area contributed by atoms with Crippen molar-refractivity contribution in [2.24, 2.45) is 0 Å². The molecule has 20 heteroatoms. The Hall–Kier alpha value is -2.70. The van der Waals surface area contributed by atoms with Crippen LogP contribution in [0, 0.1) is 0 Å². The zero-order valence-electron chi connectivity index (χ0n) is 25.4. The Balaban J connectivity index is 1.46. The summed E-state index contributed by atoms with van der Waals surface area (Å²) >= 11 is 0. The van der Waals surface area contributed by atoms with Crippen LogP contribution < -0.4 is 21.2 Å². The minimum Gasteiger partial charge on any atom is -0.374 e. The number of hydrogen-bond donors (Lipinski definition) is 4. The molecule has 0 radical (unpaired) electrons. The Bertz CT molecular complexity index is 2080. The fraction of sp³-hybridized carbons (Fsp3) is 0.200. The summed E-state index contributed by atoms with van der Waals surface area (Å²) in [7, 11) is -22.0. The second-order valence-corrected chi connectivity index (χ2v) is 21.9. The molecule has 2 heterocycles. The minimum atomic E-state index is -4.63. The number of benzene rings is 4. The smallest absolute Gasteiger partial charge is 0.294 e. The Morgan fingerprint density at radius 3 is 0.900 bits per heavy atom. The molecule has 4 N–H and O–H groups in total. The van der Waals surface area contributed by atoms with Gasteiger partial charge in [0.05, 0.1) is 45.0 Å². The minimum absolute atomic E-state index is 0.0308. The molecule has 2 aliphatic rings. The number of rotatable bonds is 10. The second-order valence-electron chi connectivity index (χ2n) is 11.4. The molecule has 4 atom stereocenters. The third-order valence-electron chi connectivity index (χ3n) is 8.24. The van der Waals surface area contributed by atoms with Gasteiger partial charge in [-0.2, -0.15) is 33.7 Å². The van der Waals surface area contributed by atoms with Gasteiger partial charge >= 0.3 is 0 Å². The lowest BCUT2D eigenvalue weighted by atomic mass is 10.2. The molecule has 0 bridgehead atoms. The molecule has 0 spiro atoms. The van der Waals surface area contributed by atoms with Gasteiger partial charge in [-0.25, -0.2) is 0 Å². The van der Waals surface area contributed by atoms with Crippen LogP contribution in [0.1, 0.15) is 0 Å². The van der Waals surface area contributed by atoms with Crippen molar-refractivity contribution in [2.75, 3.05) is 13.2 Å². The maximum absolute atomic E-state index is 12.1. The summed E-state index contributed by atoms with van der Waals surface area (Å²) in [6.07, 6.45) is -1.40. The van der Waals surface area contributed by atoms with Crippen molar-refractivity contribution in [1.29, 1.82) is 0 Å². The van der Waals surface area contributed by atoms with Gasteiger partial charge in [-0.3, -0.25) is 18.2 Å². The summed E-state index contributed by atoms with van der Waals surface area (Å²) in [5.74, 6) is 0. The van der Waals surface area contributed by atoms with E-state index in [1.807, 2.05) is 0 Å². The van der Waals surface area contributed by atoms with E-state index in [-0.39, 0.29) is 13.2 Å². The fourth-order valence-corrected chi connectivity index (χ4v) is 14.4. The predicted molar refractivity (Wildman–Crippen MR) is 184 cm³/mol. The van der Waals surface area contributed by atoms with Crippen LogP contribution in [0.3, 0.4) is 0 Å². The zero-order chi connectivity index (χ0) is 36.2. The van der Waals surface area contributed by atoms with Gasteiger partial charge in [0.15, 0.2) is 0 Å². The second kappa shape index (κ2) is 13.7. The molecular formula is C30H28O14P2S4. The first-order valence-corrected chi connectivity index (χ1v) is 23.0. The summed E-state index contributed by atoms with van der Waals surface area (Å²) in [5, 5.41) is 1.70. The molecule has 2 saturated heterocycles. The average molecular weight is 803 g/mol. The third kappa shape index (κ3) is 7.72. The van der Waals surface area contributed by atoms with E-state index >= 15 is 0 Å². The lowest BCUT2D eigenvalue weighted by molar-refractivity contribution is 0.0742. The van der Waals surface area contributed by atoms with Gasteiger partial charge in [0.2, 0.25) is 0 Å².